The number of hydrogen-bond acceptors (Lipinski definition) is 2. The lowest BCUT2D eigenvalue weighted by Gasteiger charge is -2.13. The Morgan fingerprint density at radius 1 is 1.10 bits per heavy atom. The third-order valence-corrected chi connectivity index (χ3v) is 3.73. The van der Waals surface area contributed by atoms with E-state index >= 15 is 0 Å². The fraction of sp³-hybridized carbons (Fsp3) is 0.235. The molecule has 110 valence electrons. The predicted octanol–water partition coefficient (Wildman–Crippen LogP) is 4.75. The minimum Gasteiger partial charge on any atom is -0.385 e. The molecule has 2 N–H and O–H groups in total. The average Bonchev–Trinajstić information content (AvgIpc) is 2.45. The highest BCUT2D eigenvalue weighted by atomic mass is 79.9. The maximum Gasteiger partial charge on any atom is 0.257 e. The molecule has 21 heavy (non-hydrogen) atoms. The fourth-order valence-electron chi connectivity index (χ4n) is 2.11. The molecule has 0 radical (unpaired) electrons. The molecule has 0 unspecified atom stereocenters. The Labute approximate surface area is 133 Å². The van der Waals surface area contributed by atoms with Crippen molar-refractivity contribution in [1.82, 2.24) is 0 Å². The van der Waals surface area contributed by atoms with Crippen LogP contribution in [-0.4, -0.2) is 12.5 Å². The summed E-state index contributed by atoms with van der Waals surface area (Å²) in [5, 5.41) is 6.21. The van der Waals surface area contributed by atoms with Gasteiger partial charge in [0, 0.05) is 22.4 Å². The van der Waals surface area contributed by atoms with E-state index in [0.717, 1.165) is 33.5 Å². The fourth-order valence-corrected chi connectivity index (χ4v) is 2.47. The minimum absolute atomic E-state index is 0.101. The van der Waals surface area contributed by atoms with Crippen molar-refractivity contribution in [3.63, 3.8) is 0 Å². The average molecular weight is 347 g/mol. The Hall–Kier alpha value is -1.81. The van der Waals surface area contributed by atoms with Crippen LogP contribution in [0.2, 0.25) is 0 Å². The summed E-state index contributed by atoms with van der Waals surface area (Å²) in [6, 6.07) is 11.7. The first kappa shape index (κ1) is 15.6. The minimum atomic E-state index is -0.101. The molecule has 2 rings (SSSR count). The molecular weight excluding hydrogens is 328 g/mol. The molecule has 0 atom stereocenters. The van der Waals surface area contributed by atoms with Crippen molar-refractivity contribution in [2.75, 3.05) is 17.2 Å². The highest BCUT2D eigenvalue weighted by molar-refractivity contribution is 9.10. The molecule has 2 aromatic carbocycles. The molecule has 1 amide bonds. The number of aryl methyl sites for hydroxylation is 2. The summed E-state index contributed by atoms with van der Waals surface area (Å²) in [5.41, 5.74) is 4.43. The number of nitrogens with one attached hydrogen (secondary N) is 2. The van der Waals surface area contributed by atoms with Crippen molar-refractivity contribution in [3.8, 4) is 0 Å². The lowest BCUT2D eigenvalue weighted by atomic mass is 10.1. The zero-order valence-electron chi connectivity index (χ0n) is 12.5. The van der Waals surface area contributed by atoms with Crippen molar-refractivity contribution in [3.05, 3.63) is 57.6 Å². The van der Waals surface area contributed by atoms with Gasteiger partial charge in [-0.05, 0) is 50.6 Å². The lowest BCUT2D eigenvalue weighted by molar-refractivity contribution is 0.102. The van der Waals surface area contributed by atoms with Crippen molar-refractivity contribution in [1.29, 1.82) is 0 Å². The molecule has 0 aliphatic heterocycles. The Morgan fingerprint density at radius 2 is 1.86 bits per heavy atom. The van der Waals surface area contributed by atoms with Crippen LogP contribution in [-0.2, 0) is 0 Å². The molecule has 0 aliphatic rings. The molecule has 0 heterocycles. The van der Waals surface area contributed by atoms with Gasteiger partial charge >= 0.3 is 0 Å². The van der Waals surface area contributed by atoms with E-state index in [9.17, 15) is 4.79 Å². The first-order valence-electron chi connectivity index (χ1n) is 6.93. The van der Waals surface area contributed by atoms with Crippen LogP contribution in [0.4, 0.5) is 11.4 Å². The van der Waals surface area contributed by atoms with Gasteiger partial charge in [-0.2, -0.15) is 0 Å². The molecule has 2 aromatic rings. The van der Waals surface area contributed by atoms with Crippen LogP contribution >= 0.6 is 15.9 Å². The first-order valence-corrected chi connectivity index (χ1v) is 7.72. The van der Waals surface area contributed by atoms with Crippen molar-refractivity contribution < 1.29 is 4.79 Å². The summed E-state index contributed by atoms with van der Waals surface area (Å²) < 4.78 is 0.944. The summed E-state index contributed by atoms with van der Waals surface area (Å²) >= 11 is 3.43. The van der Waals surface area contributed by atoms with E-state index < -0.39 is 0 Å². The highest BCUT2D eigenvalue weighted by Gasteiger charge is 2.13. The predicted molar refractivity (Wildman–Crippen MR) is 92.2 cm³/mol. The van der Waals surface area contributed by atoms with E-state index in [-0.39, 0.29) is 5.91 Å². The van der Waals surface area contributed by atoms with Gasteiger partial charge in [0.2, 0.25) is 0 Å². The van der Waals surface area contributed by atoms with Crippen LogP contribution in [0.1, 0.15) is 28.4 Å². The number of carbonyl (C=O) groups is 1. The van der Waals surface area contributed by atoms with Crippen molar-refractivity contribution in [2.45, 2.75) is 20.8 Å². The third-order valence-electron chi connectivity index (χ3n) is 3.23. The lowest BCUT2D eigenvalue weighted by Crippen LogP contribution is -2.15. The zero-order valence-corrected chi connectivity index (χ0v) is 14.0. The maximum absolute atomic E-state index is 12.6. The molecular formula is C17H19BrN2O. The van der Waals surface area contributed by atoms with Crippen LogP contribution in [0.3, 0.4) is 0 Å². The number of anilines is 2. The van der Waals surface area contributed by atoms with Crippen molar-refractivity contribution in [2.24, 2.45) is 0 Å². The normalized spacial score (nSPS) is 10.3. The largest absolute Gasteiger partial charge is 0.385 e. The van der Waals surface area contributed by atoms with Crippen LogP contribution in [0.25, 0.3) is 0 Å². The topological polar surface area (TPSA) is 41.1 Å². The van der Waals surface area contributed by atoms with E-state index in [2.05, 4.69) is 26.6 Å². The van der Waals surface area contributed by atoms with Gasteiger partial charge in [-0.15, -0.1) is 0 Å². The number of halogens is 1. The van der Waals surface area contributed by atoms with Crippen molar-refractivity contribution >= 4 is 33.2 Å². The molecule has 4 heteroatoms. The van der Waals surface area contributed by atoms with E-state index in [1.54, 1.807) is 0 Å². The van der Waals surface area contributed by atoms with Gasteiger partial charge in [0.25, 0.3) is 5.91 Å². The highest BCUT2D eigenvalue weighted by Crippen LogP contribution is 2.23. The van der Waals surface area contributed by atoms with Gasteiger partial charge < -0.3 is 10.6 Å². The van der Waals surface area contributed by atoms with Crippen LogP contribution in [0.15, 0.2) is 40.9 Å². The van der Waals surface area contributed by atoms with E-state index in [0.29, 0.717) is 5.56 Å². The summed E-state index contributed by atoms with van der Waals surface area (Å²) in [6.07, 6.45) is 0. The standard InChI is InChI=1S/C17H19BrN2O/c1-4-19-15-8-5-11(2)9-14(15)17(21)20-16-10-13(18)7-6-12(16)3/h5-10,19H,4H2,1-3H3,(H,20,21). The summed E-state index contributed by atoms with van der Waals surface area (Å²) in [5.74, 6) is -0.101. The van der Waals surface area contributed by atoms with Crippen LogP contribution in [0, 0.1) is 13.8 Å². The Morgan fingerprint density at radius 3 is 2.57 bits per heavy atom. The molecule has 0 saturated heterocycles. The second kappa shape index (κ2) is 6.76. The SMILES string of the molecule is CCNc1ccc(C)cc1C(=O)Nc1cc(Br)ccc1C. The smallest absolute Gasteiger partial charge is 0.257 e. The van der Waals surface area contributed by atoms with Gasteiger partial charge in [0.15, 0.2) is 0 Å². The second-order valence-corrected chi connectivity index (χ2v) is 5.91. The number of hydrogen-bond donors (Lipinski definition) is 2. The number of carbonyl (C=O) groups excluding carboxylic acids is 1. The van der Waals surface area contributed by atoms with E-state index in [1.807, 2.05) is 57.2 Å². The quantitative estimate of drug-likeness (QED) is 0.838. The Balaban J connectivity index is 2.31. The number of rotatable bonds is 4. The first-order chi connectivity index (χ1) is 10.0. The van der Waals surface area contributed by atoms with E-state index in [4.69, 9.17) is 0 Å². The summed E-state index contributed by atoms with van der Waals surface area (Å²) in [4.78, 5) is 12.6. The molecule has 0 bridgehead atoms. The number of benzene rings is 2. The van der Waals surface area contributed by atoms with Gasteiger partial charge in [0.1, 0.15) is 0 Å². The monoisotopic (exact) mass is 346 g/mol. The summed E-state index contributed by atoms with van der Waals surface area (Å²) in [7, 11) is 0. The zero-order chi connectivity index (χ0) is 15.4. The number of amides is 1. The summed E-state index contributed by atoms with van der Waals surface area (Å²) in [6.45, 7) is 6.75. The molecule has 0 fully saturated rings. The van der Waals surface area contributed by atoms with Gasteiger partial charge in [-0.25, -0.2) is 0 Å². The molecule has 3 nitrogen and oxygen atoms in total. The van der Waals surface area contributed by atoms with Gasteiger partial charge in [-0.3, -0.25) is 4.79 Å². The molecule has 0 spiro atoms. The Bertz CT molecular complexity index is 668. The molecule has 0 saturated carbocycles. The second-order valence-electron chi connectivity index (χ2n) is 4.99. The van der Waals surface area contributed by atoms with Crippen LogP contribution in [0.5, 0.6) is 0 Å². The molecule has 0 aromatic heterocycles. The van der Waals surface area contributed by atoms with Gasteiger partial charge in [-0.1, -0.05) is 33.6 Å². The maximum atomic E-state index is 12.6. The third kappa shape index (κ3) is 3.85. The van der Waals surface area contributed by atoms with E-state index in [1.165, 1.54) is 0 Å². The van der Waals surface area contributed by atoms with Crippen LogP contribution < -0.4 is 10.6 Å². The van der Waals surface area contributed by atoms with Gasteiger partial charge in [0.05, 0.1) is 5.56 Å². The molecule has 0 aliphatic carbocycles. The Kier molecular flexibility index (Phi) is 5.02.